The second-order valence-electron chi connectivity index (χ2n) is 5.41. The first kappa shape index (κ1) is 19.4. The van der Waals surface area contributed by atoms with Gasteiger partial charge in [-0.3, -0.25) is 9.36 Å². The molecule has 0 radical (unpaired) electrons. The highest BCUT2D eigenvalue weighted by molar-refractivity contribution is 7.53. The highest BCUT2D eigenvalue weighted by Gasteiger charge is 2.26. The Bertz CT molecular complexity index is 640. The molecule has 134 valence electrons. The van der Waals surface area contributed by atoms with E-state index in [2.05, 4.69) is 0 Å². The van der Waals surface area contributed by atoms with Gasteiger partial charge >= 0.3 is 13.6 Å². The zero-order chi connectivity index (χ0) is 18.0. The molecule has 0 unspecified atom stereocenters. The predicted molar refractivity (Wildman–Crippen MR) is 96.2 cm³/mol. The maximum atomic E-state index is 13.0. The molecule has 0 aliphatic rings. The van der Waals surface area contributed by atoms with Crippen molar-refractivity contribution in [1.82, 2.24) is 0 Å². The summed E-state index contributed by atoms with van der Waals surface area (Å²) in [5.41, 5.74) is 1.78. The van der Waals surface area contributed by atoms with Crippen LogP contribution in [-0.2, 0) is 36.4 Å². The van der Waals surface area contributed by atoms with Gasteiger partial charge in [0.2, 0.25) is 0 Å². The van der Waals surface area contributed by atoms with Crippen LogP contribution in [0.1, 0.15) is 24.5 Å². The first-order chi connectivity index (χ1) is 12.1. The summed E-state index contributed by atoms with van der Waals surface area (Å²) >= 11 is 0. The van der Waals surface area contributed by atoms with Crippen LogP contribution in [0.4, 0.5) is 0 Å². The quantitative estimate of drug-likeness (QED) is 0.458. The molecule has 2 aromatic carbocycles. The van der Waals surface area contributed by atoms with Crippen molar-refractivity contribution < 1.29 is 23.1 Å². The Morgan fingerprint density at radius 2 is 1.36 bits per heavy atom. The van der Waals surface area contributed by atoms with Crippen LogP contribution >= 0.6 is 7.60 Å². The fourth-order valence-electron chi connectivity index (χ4n) is 2.12. The molecular formula is C19H23O5P. The zero-order valence-corrected chi connectivity index (χ0v) is 15.2. The largest absolute Gasteiger partial charge is 0.466 e. The Morgan fingerprint density at radius 1 is 0.880 bits per heavy atom. The Morgan fingerprint density at radius 3 is 1.80 bits per heavy atom. The molecule has 0 spiro atoms. The maximum absolute atomic E-state index is 13.0. The third-order valence-corrected chi connectivity index (χ3v) is 5.25. The van der Waals surface area contributed by atoms with Crippen molar-refractivity contribution >= 4 is 13.6 Å². The van der Waals surface area contributed by atoms with Crippen LogP contribution in [0.2, 0.25) is 0 Å². The molecule has 0 aromatic heterocycles. The molecule has 0 amide bonds. The fourth-order valence-corrected chi connectivity index (χ4v) is 3.60. The van der Waals surface area contributed by atoms with Crippen LogP contribution in [0.3, 0.4) is 0 Å². The Labute approximate surface area is 148 Å². The lowest BCUT2D eigenvalue weighted by Gasteiger charge is -2.18. The van der Waals surface area contributed by atoms with Gasteiger partial charge in [0.25, 0.3) is 0 Å². The lowest BCUT2D eigenvalue weighted by Crippen LogP contribution is -2.09. The minimum absolute atomic E-state index is 0.00526. The van der Waals surface area contributed by atoms with Crippen LogP contribution < -0.4 is 0 Å². The van der Waals surface area contributed by atoms with Crippen molar-refractivity contribution in [3.8, 4) is 0 Å². The van der Waals surface area contributed by atoms with Gasteiger partial charge in [0, 0.05) is 0 Å². The molecule has 0 bridgehead atoms. The molecule has 5 nitrogen and oxygen atoms in total. The van der Waals surface area contributed by atoms with Gasteiger partial charge < -0.3 is 13.8 Å². The van der Waals surface area contributed by atoms with E-state index in [1.807, 2.05) is 60.7 Å². The molecule has 6 heteroatoms. The van der Waals surface area contributed by atoms with E-state index in [0.29, 0.717) is 6.61 Å². The second kappa shape index (κ2) is 10.1. The monoisotopic (exact) mass is 362 g/mol. The standard InChI is InChI=1S/C19H23O5P/c1-2-22-19(20)13-14-25(21,23-15-17-9-5-3-6-10-17)24-16-18-11-7-4-8-12-18/h3-12H,2,13-16H2,1H3. The first-order valence-electron chi connectivity index (χ1n) is 8.23. The average Bonchev–Trinajstić information content (AvgIpc) is 2.65. The van der Waals surface area contributed by atoms with Crippen LogP contribution in [-0.4, -0.2) is 18.7 Å². The minimum atomic E-state index is -3.43. The molecule has 0 fully saturated rings. The van der Waals surface area contributed by atoms with Crippen molar-refractivity contribution in [2.45, 2.75) is 26.6 Å². The molecule has 0 saturated heterocycles. The summed E-state index contributed by atoms with van der Waals surface area (Å²) in [6.45, 7) is 2.35. The lowest BCUT2D eigenvalue weighted by atomic mass is 10.2. The third-order valence-electron chi connectivity index (χ3n) is 3.44. The van der Waals surface area contributed by atoms with E-state index in [9.17, 15) is 9.36 Å². The molecule has 0 atom stereocenters. The summed E-state index contributed by atoms with van der Waals surface area (Å²) in [6.07, 6.45) is -0.0137. The van der Waals surface area contributed by atoms with Gasteiger partial charge in [0.05, 0.1) is 32.4 Å². The number of hydrogen-bond donors (Lipinski definition) is 0. The highest BCUT2D eigenvalue weighted by atomic mass is 31.2. The van der Waals surface area contributed by atoms with Gasteiger partial charge in [-0.25, -0.2) is 0 Å². The number of ether oxygens (including phenoxy) is 1. The molecule has 0 aliphatic heterocycles. The van der Waals surface area contributed by atoms with Crippen molar-refractivity contribution in [2.75, 3.05) is 12.8 Å². The summed E-state index contributed by atoms with van der Waals surface area (Å²) < 4.78 is 29.1. The van der Waals surface area contributed by atoms with Crippen molar-refractivity contribution in [3.63, 3.8) is 0 Å². The van der Waals surface area contributed by atoms with Crippen LogP contribution in [0, 0.1) is 0 Å². The highest BCUT2D eigenvalue weighted by Crippen LogP contribution is 2.50. The second-order valence-corrected chi connectivity index (χ2v) is 7.59. The number of hydrogen-bond acceptors (Lipinski definition) is 5. The van der Waals surface area contributed by atoms with Gasteiger partial charge in [-0.2, -0.15) is 0 Å². The van der Waals surface area contributed by atoms with Crippen molar-refractivity contribution in [1.29, 1.82) is 0 Å². The van der Waals surface area contributed by atoms with Gasteiger partial charge in [-0.15, -0.1) is 0 Å². The SMILES string of the molecule is CCOC(=O)CCP(=O)(OCc1ccccc1)OCc1ccccc1. The summed E-state index contributed by atoms with van der Waals surface area (Å²) in [5, 5.41) is 0. The summed E-state index contributed by atoms with van der Waals surface area (Å²) in [5.74, 6) is -0.408. The predicted octanol–water partition coefficient (Wildman–Crippen LogP) is 4.57. The van der Waals surface area contributed by atoms with Gasteiger partial charge in [0.1, 0.15) is 0 Å². The van der Waals surface area contributed by atoms with Gasteiger partial charge in [-0.05, 0) is 18.1 Å². The zero-order valence-electron chi connectivity index (χ0n) is 14.3. The topological polar surface area (TPSA) is 61.8 Å². The lowest BCUT2D eigenvalue weighted by molar-refractivity contribution is -0.142. The minimum Gasteiger partial charge on any atom is -0.466 e. The fraction of sp³-hybridized carbons (Fsp3) is 0.316. The summed E-state index contributed by atoms with van der Waals surface area (Å²) in [6, 6.07) is 18.9. The Balaban J connectivity index is 1.98. The average molecular weight is 362 g/mol. The van der Waals surface area contributed by atoms with Gasteiger partial charge in [0.15, 0.2) is 0 Å². The molecule has 0 aliphatic carbocycles. The Hall–Kier alpha value is -1.94. The van der Waals surface area contributed by atoms with E-state index in [-0.39, 0.29) is 25.8 Å². The van der Waals surface area contributed by atoms with Gasteiger partial charge in [-0.1, -0.05) is 60.7 Å². The molecular weight excluding hydrogens is 339 g/mol. The number of rotatable bonds is 10. The molecule has 0 heterocycles. The summed E-state index contributed by atoms with van der Waals surface area (Å²) in [7, 11) is -3.43. The number of esters is 1. The smallest absolute Gasteiger partial charge is 0.331 e. The van der Waals surface area contributed by atoms with E-state index in [1.165, 1.54) is 0 Å². The normalized spacial score (nSPS) is 11.2. The third kappa shape index (κ3) is 7.22. The van der Waals surface area contributed by atoms with E-state index >= 15 is 0 Å². The number of carbonyl (C=O) groups excluding carboxylic acids is 1. The molecule has 0 N–H and O–H groups in total. The van der Waals surface area contributed by atoms with Crippen LogP contribution in [0.15, 0.2) is 60.7 Å². The van der Waals surface area contributed by atoms with E-state index in [4.69, 9.17) is 13.8 Å². The Kier molecular flexibility index (Phi) is 7.86. The first-order valence-corrected chi connectivity index (χ1v) is 9.96. The molecule has 2 aromatic rings. The molecule has 0 saturated carbocycles. The summed E-state index contributed by atoms with van der Waals surface area (Å²) in [4.78, 5) is 11.6. The van der Waals surface area contributed by atoms with E-state index in [0.717, 1.165) is 11.1 Å². The number of carbonyl (C=O) groups is 1. The van der Waals surface area contributed by atoms with Crippen LogP contribution in [0.5, 0.6) is 0 Å². The van der Waals surface area contributed by atoms with Crippen LogP contribution in [0.25, 0.3) is 0 Å². The maximum Gasteiger partial charge on any atom is 0.331 e. The van der Waals surface area contributed by atoms with E-state index in [1.54, 1.807) is 6.92 Å². The number of benzene rings is 2. The molecule has 25 heavy (non-hydrogen) atoms. The van der Waals surface area contributed by atoms with Crippen molar-refractivity contribution in [3.05, 3.63) is 71.8 Å². The van der Waals surface area contributed by atoms with Crippen molar-refractivity contribution in [2.24, 2.45) is 0 Å². The van der Waals surface area contributed by atoms with E-state index < -0.39 is 13.6 Å². The molecule has 2 rings (SSSR count).